The van der Waals surface area contributed by atoms with Crippen LogP contribution >= 0.6 is 15.9 Å². The number of hydrogen-bond acceptors (Lipinski definition) is 3. The Kier molecular flexibility index (Phi) is 4.76. The monoisotopic (exact) mass is 329 g/mol. The number of imidazole rings is 1. The Morgan fingerprint density at radius 3 is 2.95 bits per heavy atom. The van der Waals surface area contributed by atoms with Crippen LogP contribution in [0.1, 0.15) is 19.8 Å². The molecular weight excluding hydrogens is 313 g/mol. The topological polar surface area (TPSA) is 53.1 Å². The van der Waals surface area contributed by atoms with E-state index in [1.54, 1.807) is 6.07 Å². The van der Waals surface area contributed by atoms with Crippen LogP contribution in [0.2, 0.25) is 0 Å². The molecule has 0 spiro atoms. The molecule has 0 fully saturated rings. The van der Waals surface area contributed by atoms with E-state index in [2.05, 4.69) is 27.8 Å². The van der Waals surface area contributed by atoms with Crippen molar-refractivity contribution in [1.29, 1.82) is 0 Å². The first-order chi connectivity index (χ1) is 9.13. The van der Waals surface area contributed by atoms with Gasteiger partial charge in [-0.3, -0.25) is 0 Å². The van der Waals surface area contributed by atoms with E-state index in [-0.39, 0.29) is 5.82 Å². The normalized spacial score (nSPS) is 11.3. The van der Waals surface area contributed by atoms with Gasteiger partial charge in [0.2, 0.25) is 5.95 Å². The number of nitrogen functional groups attached to an aromatic ring is 1. The minimum atomic E-state index is -0.309. The van der Waals surface area contributed by atoms with Crippen LogP contribution in [-0.2, 0) is 11.3 Å². The third-order valence-electron chi connectivity index (χ3n) is 2.84. The van der Waals surface area contributed by atoms with Crippen LogP contribution in [0.4, 0.5) is 10.3 Å². The Balaban J connectivity index is 2.13. The summed E-state index contributed by atoms with van der Waals surface area (Å²) >= 11 is 3.15. The Bertz CT molecular complexity index is 571. The zero-order valence-electron chi connectivity index (χ0n) is 10.8. The van der Waals surface area contributed by atoms with Crippen molar-refractivity contribution in [3.05, 3.63) is 22.4 Å². The third kappa shape index (κ3) is 3.25. The number of nitrogens with zero attached hydrogens (tertiary/aromatic N) is 2. The molecule has 19 heavy (non-hydrogen) atoms. The van der Waals surface area contributed by atoms with E-state index in [9.17, 15) is 4.39 Å². The molecule has 1 heterocycles. The molecule has 0 atom stereocenters. The summed E-state index contributed by atoms with van der Waals surface area (Å²) in [5, 5.41) is 0. The molecule has 0 bridgehead atoms. The molecule has 0 radical (unpaired) electrons. The average Bonchev–Trinajstić information content (AvgIpc) is 2.66. The highest BCUT2D eigenvalue weighted by Crippen LogP contribution is 2.25. The lowest BCUT2D eigenvalue weighted by molar-refractivity contribution is 0.129. The molecule has 0 saturated heterocycles. The van der Waals surface area contributed by atoms with Gasteiger partial charge in [0.25, 0.3) is 0 Å². The maximum atomic E-state index is 13.6. The Morgan fingerprint density at radius 1 is 1.42 bits per heavy atom. The third-order valence-corrected chi connectivity index (χ3v) is 3.45. The van der Waals surface area contributed by atoms with E-state index in [0.717, 1.165) is 19.4 Å². The fourth-order valence-electron chi connectivity index (χ4n) is 1.94. The van der Waals surface area contributed by atoms with Crippen LogP contribution in [0, 0.1) is 5.82 Å². The SMILES string of the molecule is CCCOCCCn1c(N)nc2cc(Br)c(F)cc21. The summed E-state index contributed by atoms with van der Waals surface area (Å²) in [4.78, 5) is 4.23. The van der Waals surface area contributed by atoms with Crippen LogP contribution in [0.3, 0.4) is 0 Å². The summed E-state index contributed by atoms with van der Waals surface area (Å²) in [6.07, 6.45) is 1.84. The molecule has 0 amide bonds. The van der Waals surface area contributed by atoms with E-state index in [1.807, 2.05) is 4.57 Å². The van der Waals surface area contributed by atoms with E-state index < -0.39 is 0 Å². The molecule has 0 aliphatic heterocycles. The predicted octanol–water partition coefficient (Wildman–Crippen LogP) is 3.34. The number of anilines is 1. The van der Waals surface area contributed by atoms with Crippen LogP contribution in [0.25, 0.3) is 11.0 Å². The van der Waals surface area contributed by atoms with Gasteiger partial charge >= 0.3 is 0 Å². The van der Waals surface area contributed by atoms with Gasteiger partial charge in [-0.05, 0) is 34.8 Å². The maximum absolute atomic E-state index is 13.6. The second kappa shape index (κ2) is 6.34. The molecule has 2 aromatic rings. The van der Waals surface area contributed by atoms with Crippen molar-refractivity contribution < 1.29 is 9.13 Å². The number of halogens is 2. The molecule has 0 unspecified atom stereocenters. The van der Waals surface area contributed by atoms with Crippen LogP contribution in [0.5, 0.6) is 0 Å². The minimum absolute atomic E-state index is 0.309. The molecular formula is C13H17BrFN3O. The highest BCUT2D eigenvalue weighted by Gasteiger charge is 2.11. The van der Waals surface area contributed by atoms with Gasteiger partial charge in [-0.15, -0.1) is 0 Å². The lowest BCUT2D eigenvalue weighted by atomic mass is 10.3. The number of ether oxygens (including phenoxy) is 1. The number of rotatable bonds is 6. The van der Waals surface area contributed by atoms with Crippen LogP contribution in [0.15, 0.2) is 16.6 Å². The number of nitrogens with two attached hydrogens (primary N) is 1. The van der Waals surface area contributed by atoms with Crippen molar-refractivity contribution in [3.8, 4) is 0 Å². The first kappa shape index (κ1) is 14.3. The van der Waals surface area contributed by atoms with Crippen molar-refractivity contribution >= 4 is 32.9 Å². The fraction of sp³-hybridized carbons (Fsp3) is 0.462. The van der Waals surface area contributed by atoms with Gasteiger partial charge in [0.15, 0.2) is 0 Å². The van der Waals surface area contributed by atoms with Crippen molar-refractivity contribution in [3.63, 3.8) is 0 Å². The summed E-state index contributed by atoms with van der Waals surface area (Å²) < 4.78 is 21.2. The zero-order chi connectivity index (χ0) is 13.8. The number of aromatic nitrogens is 2. The Labute approximate surface area is 119 Å². The van der Waals surface area contributed by atoms with Gasteiger partial charge in [0, 0.05) is 25.8 Å². The van der Waals surface area contributed by atoms with E-state index in [4.69, 9.17) is 10.5 Å². The number of hydrogen-bond donors (Lipinski definition) is 1. The van der Waals surface area contributed by atoms with Crippen molar-refractivity contribution in [2.24, 2.45) is 0 Å². The van der Waals surface area contributed by atoms with Gasteiger partial charge in [-0.25, -0.2) is 9.37 Å². The zero-order valence-corrected chi connectivity index (χ0v) is 12.4. The number of aryl methyl sites for hydroxylation is 1. The molecule has 0 saturated carbocycles. The van der Waals surface area contributed by atoms with Crippen LogP contribution in [-0.4, -0.2) is 22.8 Å². The van der Waals surface area contributed by atoms with E-state index in [1.165, 1.54) is 6.07 Å². The van der Waals surface area contributed by atoms with Crippen molar-refractivity contribution in [2.75, 3.05) is 18.9 Å². The molecule has 104 valence electrons. The number of fused-ring (bicyclic) bond motifs is 1. The standard InChI is InChI=1S/C13H17BrFN3O/c1-2-5-19-6-3-4-18-12-8-10(15)9(14)7-11(12)17-13(18)16/h7-8H,2-6H2,1H3,(H2,16,17). The molecule has 1 aromatic carbocycles. The maximum Gasteiger partial charge on any atom is 0.201 e. The molecule has 4 nitrogen and oxygen atoms in total. The quantitative estimate of drug-likeness (QED) is 0.827. The highest BCUT2D eigenvalue weighted by molar-refractivity contribution is 9.10. The van der Waals surface area contributed by atoms with E-state index >= 15 is 0 Å². The second-order valence-corrected chi connectivity index (χ2v) is 5.20. The lowest BCUT2D eigenvalue weighted by Crippen LogP contribution is -2.06. The predicted molar refractivity (Wildman–Crippen MR) is 77.5 cm³/mol. The van der Waals surface area contributed by atoms with E-state index in [0.29, 0.717) is 34.6 Å². The number of benzene rings is 1. The summed E-state index contributed by atoms with van der Waals surface area (Å²) in [6, 6.07) is 3.10. The lowest BCUT2D eigenvalue weighted by Gasteiger charge is -2.07. The Morgan fingerprint density at radius 2 is 2.21 bits per heavy atom. The second-order valence-electron chi connectivity index (χ2n) is 4.34. The van der Waals surface area contributed by atoms with Gasteiger partial charge in [0.1, 0.15) is 5.82 Å². The van der Waals surface area contributed by atoms with Crippen molar-refractivity contribution in [1.82, 2.24) is 9.55 Å². The van der Waals surface area contributed by atoms with Gasteiger partial charge in [0.05, 0.1) is 15.5 Å². The molecule has 1 aromatic heterocycles. The summed E-state index contributed by atoms with van der Waals surface area (Å²) in [5.41, 5.74) is 7.28. The van der Waals surface area contributed by atoms with Crippen molar-refractivity contribution in [2.45, 2.75) is 26.3 Å². The smallest absolute Gasteiger partial charge is 0.201 e. The summed E-state index contributed by atoms with van der Waals surface area (Å²) in [7, 11) is 0. The summed E-state index contributed by atoms with van der Waals surface area (Å²) in [6.45, 7) is 4.18. The highest BCUT2D eigenvalue weighted by atomic mass is 79.9. The minimum Gasteiger partial charge on any atom is -0.381 e. The molecule has 2 N–H and O–H groups in total. The first-order valence-corrected chi connectivity index (χ1v) is 7.11. The van der Waals surface area contributed by atoms with Gasteiger partial charge in [-0.1, -0.05) is 6.92 Å². The largest absolute Gasteiger partial charge is 0.381 e. The summed E-state index contributed by atoms with van der Waals surface area (Å²) in [5.74, 6) is 0.0962. The molecule has 0 aliphatic carbocycles. The molecule has 6 heteroatoms. The fourth-order valence-corrected chi connectivity index (χ4v) is 2.28. The molecule has 0 aliphatic rings. The first-order valence-electron chi connectivity index (χ1n) is 6.32. The molecule has 2 rings (SSSR count). The average molecular weight is 330 g/mol. The van der Waals surface area contributed by atoms with Gasteiger partial charge in [-0.2, -0.15) is 0 Å². The van der Waals surface area contributed by atoms with Gasteiger partial charge < -0.3 is 15.0 Å². The Hall–Kier alpha value is -1.14. The van der Waals surface area contributed by atoms with Crippen LogP contribution < -0.4 is 5.73 Å².